The summed E-state index contributed by atoms with van der Waals surface area (Å²) in [6.07, 6.45) is 9.44. The number of aliphatic hydroxyl groups is 2. The number of ether oxygens (including phenoxy) is 1. The van der Waals surface area contributed by atoms with Crippen molar-refractivity contribution in [2.75, 3.05) is 13.2 Å². The van der Waals surface area contributed by atoms with E-state index in [1.165, 1.54) is 12.8 Å². The van der Waals surface area contributed by atoms with Gasteiger partial charge in [0.1, 0.15) is 5.60 Å². The number of fused-ring (bicyclic) bond motifs is 3. The predicted octanol–water partition coefficient (Wildman–Crippen LogP) is 3.69. The van der Waals surface area contributed by atoms with Gasteiger partial charge in [0, 0.05) is 6.61 Å². The van der Waals surface area contributed by atoms with E-state index in [1.807, 2.05) is 6.08 Å². The van der Waals surface area contributed by atoms with Crippen LogP contribution in [0.2, 0.25) is 0 Å². The lowest BCUT2D eigenvalue weighted by molar-refractivity contribution is -0.266. The SMILES string of the molecule is C=C[C@]1(CO)CC[C@H]2[C@]3(C)CCC[C@](C)(CO)[C@H]3CC[C@]2(C)O1. The molecule has 3 heteroatoms. The molecule has 2 saturated carbocycles. The standard InChI is InChI=1S/C20H34O3/c1-5-20(14-22)12-8-16-18(3)10-6-9-17(2,13-21)15(18)7-11-19(16,4)23-20/h5,15-16,21-22H,1,6-14H2,2-4H3/t15-,16+,17-,18-,19+,20-/m1/s1. The summed E-state index contributed by atoms with van der Waals surface area (Å²) in [6.45, 7) is 11.2. The van der Waals surface area contributed by atoms with Crippen molar-refractivity contribution in [1.82, 2.24) is 0 Å². The van der Waals surface area contributed by atoms with Crippen LogP contribution in [0.15, 0.2) is 12.7 Å². The Hall–Kier alpha value is -0.380. The van der Waals surface area contributed by atoms with Gasteiger partial charge in [0.15, 0.2) is 0 Å². The highest BCUT2D eigenvalue weighted by molar-refractivity contribution is 5.13. The zero-order valence-corrected chi connectivity index (χ0v) is 15.1. The molecule has 3 aliphatic rings. The van der Waals surface area contributed by atoms with Crippen molar-refractivity contribution >= 4 is 0 Å². The Bertz CT molecular complexity index is 478. The Morgan fingerprint density at radius 3 is 2.30 bits per heavy atom. The van der Waals surface area contributed by atoms with Crippen LogP contribution >= 0.6 is 0 Å². The number of rotatable bonds is 3. The van der Waals surface area contributed by atoms with Crippen LogP contribution in [0.1, 0.15) is 65.7 Å². The fraction of sp³-hybridized carbons (Fsp3) is 0.900. The lowest BCUT2D eigenvalue weighted by atomic mass is 9.44. The van der Waals surface area contributed by atoms with E-state index in [2.05, 4.69) is 27.4 Å². The van der Waals surface area contributed by atoms with Crippen LogP contribution in [0.4, 0.5) is 0 Å². The Labute approximate surface area is 141 Å². The fourth-order valence-electron chi connectivity index (χ4n) is 6.59. The summed E-state index contributed by atoms with van der Waals surface area (Å²) in [5.41, 5.74) is -0.471. The van der Waals surface area contributed by atoms with Crippen molar-refractivity contribution < 1.29 is 14.9 Å². The lowest BCUT2D eigenvalue weighted by Gasteiger charge is -2.65. The molecule has 6 atom stereocenters. The third-order valence-electron chi connectivity index (χ3n) is 7.86. The monoisotopic (exact) mass is 322 g/mol. The molecule has 132 valence electrons. The second-order valence-electron chi connectivity index (χ2n) is 9.20. The van der Waals surface area contributed by atoms with E-state index in [0.717, 1.165) is 32.1 Å². The first-order valence-electron chi connectivity index (χ1n) is 9.33. The van der Waals surface area contributed by atoms with Gasteiger partial charge in [-0.3, -0.25) is 0 Å². The molecule has 1 saturated heterocycles. The van der Waals surface area contributed by atoms with Crippen LogP contribution in [0, 0.1) is 22.7 Å². The van der Waals surface area contributed by atoms with Gasteiger partial charge in [0.05, 0.1) is 12.2 Å². The Balaban J connectivity index is 1.94. The van der Waals surface area contributed by atoms with Crippen LogP contribution in [0.25, 0.3) is 0 Å². The van der Waals surface area contributed by atoms with Crippen LogP contribution in [0.5, 0.6) is 0 Å². The van der Waals surface area contributed by atoms with Gasteiger partial charge in [-0.25, -0.2) is 0 Å². The lowest BCUT2D eigenvalue weighted by Crippen LogP contribution is -2.64. The first-order valence-corrected chi connectivity index (χ1v) is 9.33. The molecule has 0 spiro atoms. The van der Waals surface area contributed by atoms with E-state index in [9.17, 15) is 10.2 Å². The van der Waals surface area contributed by atoms with E-state index < -0.39 is 5.60 Å². The molecule has 0 unspecified atom stereocenters. The average Bonchev–Trinajstić information content (AvgIpc) is 2.53. The quantitative estimate of drug-likeness (QED) is 0.779. The third-order valence-corrected chi connectivity index (χ3v) is 7.86. The Morgan fingerprint density at radius 1 is 1.00 bits per heavy atom. The van der Waals surface area contributed by atoms with Crippen LogP contribution in [-0.4, -0.2) is 34.6 Å². The number of aliphatic hydroxyl groups excluding tert-OH is 2. The second-order valence-corrected chi connectivity index (χ2v) is 9.20. The molecule has 2 N–H and O–H groups in total. The van der Waals surface area contributed by atoms with Gasteiger partial charge in [0.2, 0.25) is 0 Å². The third kappa shape index (κ3) is 2.42. The Morgan fingerprint density at radius 2 is 1.70 bits per heavy atom. The maximum Gasteiger partial charge on any atom is 0.110 e. The summed E-state index contributed by atoms with van der Waals surface area (Å²) in [5.74, 6) is 1.07. The molecule has 3 nitrogen and oxygen atoms in total. The molecule has 0 amide bonds. The van der Waals surface area contributed by atoms with Crippen molar-refractivity contribution in [2.45, 2.75) is 76.9 Å². The first kappa shape index (κ1) is 17.4. The smallest absolute Gasteiger partial charge is 0.110 e. The van der Waals surface area contributed by atoms with E-state index in [0.29, 0.717) is 18.4 Å². The zero-order valence-electron chi connectivity index (χ0n) is 15.1. The summed E-state index contributed by atoms with van der Waals surface area (Å²) in [5, 5.41) is 19.9. The van der Waals surface area contributed by atoms with Crippen molar-refractivity contribution in [3.05, 3.63) is 12.7 Å². The van der Waals surface area contributed by atoms with Crippen LogP contribution < -0.4 is 0 Å². The van der Waals surface area contributed by atoms with Gasteiger partial charge in [-0.1, -0.05) is 26.3 Å². The van der Waals surface area contributed by atoms with Gasteiger partial charge in [-0.05, 0) is 68.1 Å². The number of hydrogen-bond donors (Lipinski definition) is 2. The average molecular weight is 322 g/mol. The van der Waals surface area contributed by atoms with Gasteiger partial charge in [0.25, 0.3) is 0 Å². The zero-order chi connectivity index (χ0) is 16.9. The summed E-state index contributed by atoms with van der Waals surface area (Å²) >= 11 is 0. The molecule has 0 bridgehead atoms. The van der Waals surface area contributed by atoms with Crippen molar-refractivity contribution in [3.8, 4) is 0 Å². The summed E-state index contributed by atoms with van der Waals surface area (Å²) in [4.78, 5) is 0. The molecule has 3 fully saturated rings. The highest BCUT2D eigenvalue weighted by Crippen LogP contribution is 2.65. The van der Waals surface area contributed by atoms with E-state index in [1.54, 1.807) is 0 Å². The van der Waals surface area contributed by atoms with Crippen LogP contribution in [0.3, 0.4) is 0 Å². The topological polar surface area (TPSA) is 49.7 Å². The van der Waals surface area contributed by atoms with E-state index >= 15 is 0 Å². The minimum Gasteiger partial charge on any atom is -0.396 e. The molecule has 3 rings (SSSR count). The van der Waals surface area contributed by atoms with Gasteiger partial charge in [-0.2, -0.15) is 0 Å². The van der Waals surface area contributed by atoms with Gasteiger partial charge in [-0.15, -0.1) is 6.58 Å². The molecule has 0 aromatic heterocycles. The fourth-order valence-corrected chi connectivity index (χ4v) is 6.59. The summed E-state index contributed by atoms with van der Waals surface area (Å²) in [7, 11) is 0. The van der Waals surface area contributed by atoms with Crippen molar-refractivity contribution in [2.24, 2.45) is 22.7 Å². The van der Waals surface area contributed by atoms with Gasteiger partial charge < -0.3 is 14.9 Å². The normalized spacial score (nSPS) is 53.3. The van der Waals surface area contributed by atoms with Crippen LogP contribution in [-0.2, 0) is 4.74 Å². The first-order chi connectivity index (χ1) is 10.8. The molecular formula is C20H34O3. The largest absolute Gasteiger partial charge is 0.396 e. The summed E-state index contributed by atoms with van der Waals surface area (Å²) < 4.78 is 6.55. The molecule has 1 heterocycles. The molecular weight excluding hydrogens is 288 g/mol. The molecule has 0 aromatic carbocycles. The molecule has 0 aromatic rings. The van der Waals surface area contributed by atoms with Gasteiger partial charge >= 0.3 is 0 Å². The summed E-state index contributed by atoms with van der Waals surface area (Å²) in [6, 6.07) is 0. The Kier molecular flexibility index (Phi) is 4.23. The maximum atomic E-state index is 10.0. The minimum absolute atomic E-state index is 0.0211. The maximum absolute atomic E-state index is 10.0. The van der Waals surface area contributed by atoms with E-state index in [4.69, 9.17) is 4.74 Å². The highest BCUT2D eigenvalue weighted by atomic mass is 16.5. The molecule has 23 heavy (non-hydrogen) atoms. The number of hydrogen-bond acceptors (Lipinski definition) is 3. The van der Waals surface area contributed by atoms with Crippen molar-refractivity contribution in [1.29, 1.82) is 0 Å². The minimum atomic E-state index is -0.566. The molecule has 2 aliphatic carbocycles. The van der Waals surface area contributed by atoms with E-state index in [-0.39, 0.29) is 23.0 Å². The highest BCUT2D eigenvalue weighted by Gasteiger charge is 2.62. The molecule has 0 radical (unpaired) electrons. The van der Waals surface area contributed by atoms with Crippen molar-refractivity contribution in [3.63, 3.8) is 0 Å². The second kappa shape index (κ2) is 5.57. The molecule has 1 aliphatic heterocycles. The predicted molar refractivity (Wildman–Crippen MR) is 92.1 cm³/mol.